The molecule has 0 unspecified atom stereocenters. The number of rotatable bonds is 6. The molecule has 2 aromatic carbocycles. The Kier molecular flexibility index (Phi) is 5.91. The summed E-state index contributed by atoms with van der Waals surface area (Å²) >= 11 is 0. The first-order chi connectivity index (χ1) is 10.7. The lowest BCUT2D eigenvalue weighted by atomic mass is 10.1. The van der Waals surface area contributed by atoms with E-state index in [-0.39, 0.29) is 5.78 Å². The highest BCUT2D eigenvalue weighted by molar-refractivity contribution is 5.83. The molecule has 0 fully saturated rings. The molecule has 0 aromatic heterocycles. The highest BCUT2D eigenvalue weighted by Crippen LogP contribution is 2.11. The monoisotopic (exact) mass is 290 g/mol. The molecule has 112 valence electrons. The molecule has 1 heteroatoms. The first-order valence-electron chi connectivity index (χ1n) is 7.63. The minimum atomic E-state index is 0.231. The molecule has 22 heavy (non-hydrogen) atoms. The van der Waals surface area contributed by atoms with Crippen LogP contribution >= 0.6 is 0 Å². The maximum Gasteiger partial charge on any atom is 0.140 e. The Labute approximate surface area is 133 Å². The molecule has 0 N–H and O–H groups in total. The minimum Gasteiger partial charge on any atom is -0.299 e. The molecule has 0 amide bonds. The van der Waals surface area contributed by atoms with Crippen molar-refractivity contribution in [1.29, 1.82) is 0 Å². The van der Waals surface area contributed by atoms with Gasteiger partial charge in [0, 0.05) is 12.8 Å². The molecule has 0 saturated carbocycles. The standard InChI is InChI=1S/C21H22O/c1-17-9-3-5-11-19(17)13-7-15-21(22)16-8-14-20-12-6-4-10-18(20)2/h3-14H,15-16H2,1-2H3. The Balaban J connectivity index is 1.84. The maximum atomic E-state index is 11.9. The quantitative estimate of drug-likeness (QED) is 0.698. The van der Waals surface area contributed by atoms with Crippen LogP contribution in [0.15, 0.2) is 60.7 Å². The zero-order valence-corrected chi connectivity index (χ0v) is 13.3. The molecule has 2 rings (SSSR count). The van der Waals surface area contributed by atoms with Gasteiger partial charge in [-0.3, -0.25) is 4.79 Å². The van der Waals surface area contributed by atoms with Crippen LogP contribution in [0.3, 0.4) is 0 Å². The van der Waals surface area contributed by atoms with E-state index in [2.05, 4.69) is 38.1 Å². The van der Waals surface area contributed by atoms with Gasteiger partial charge in [0.2, 0.25) is 0 Å². The van der Waals surface area contributed by atoms with E-state index in [1.54, 1.807) is 0 Å². The number of hydrogen-bond donors (Lipinski definition) is 0. The highest BCUT2D eigenvalue weighted by Gasteiger charge is 1.97. The van der Waals surface area contributed by atoms with E-state index in [0.717, 1.165) is 0 Å². The van der Waals surface area contributed by atoms with Gasteiger partial charge in [-0.05, 0) is 36.1 Å². The molecule has 0 aliphatic rings. The molecule has 0 heterocycles. The van der Waals surface area contributed by atoms with Gasteiger partial charge in [0.05, 0.1) is 0 Å². The SMILES string of the molecule is Cc1ccccc1C=CCC(=O)CC=Cc1ccccc1C. The minimum absolute atomic E-state index is 0.231. The largest absolute Gasteiger partial charge is 0.299 e. The molecule has 0 aliphatic heterocycles. The van der Waals surface area contributed by atoms with Crippen molar-refractivity contribution in [2.45, 2.75) is 26.7 Å². The Bertz CT molecular complexity index is 633. The number of aryl methyl sites for hydroxylation is 2. The molecular formula is C21H22O. The average Bonchev–Trinajstić information content (AvgIpc) is 2.51. The molecule has 0 atom stereocenters. The van der Waals surface area contributed by atoms with Gasteiger partial charge in [-0.25, -0.2) is 0 Å². The fourth-order valence-electron chi connectivity index (χ4n) is 2.27. The summed E-state index contributed by atoms with van der Waals surface area (Å²) in [5.74, 6) is 0.231. The van der Waals surface area contributed by atoms with Crippen molar-refractivity contribution >= 4 is 17.9 Å². The van der Waals surface area contributed by atoms with Gasteiger partial charge in [0.1, 0.15) is 5.78 Å². The Morgan fingerprint density at radius 1 is 0.773 bits per heavy atom. The number of carbonyl (C=O) groups excluding carboxylic acids is 1. The fraction of sp³-hybridized carbons (Fsp3) is 0.190. The van der Waals surface area contributed by atoms with Crippen molar-refractivity contribution in [2.24, 2.45) is 0 Å². The van der Waals surface area contributed by atoms with E-state index in [1.807, 2.05) is 48.6 Å². The smallest absolute Gasteiger partial charge is 0.140 e. The molecule has 0 saturated heterocycles. The summed E-state index contributed by atoms with van der Waals surface area (Å²) in [6.45, 7) is 4.15. The van der Waals surface area contributed by atoms with Crippen LogP contribution in [0.5, 0.6) is 0 Å². The third-order valence-electron chi connectivity index (χ3n) is 3.66. The molecule has 0 radical (unpaired) electrons. The third-order valence-corrected chi connectivity index (χ3v) is 3.66. The van der Waals surface area contributed by atoms with Crippen molar-refractivity contribution in [3.8, 4) is 0 Å². The predicted molar refractivity (Wildman–Crippen MR) is 94.7 cm³/mol. The van der Waals surface area contributed by atoms with E-state index in [1.165, 1.54) is 22.3 Å². The van der Waals surface area contributed by atoms with Gasteiger partial charge in [-0.15, -0.1) is 0 Å². The van der Waals surface area contributed by atoms with Crippen LogP contribution < -0.4 is 0 Å². The van der Waals surface area contributed by atoms with Crippen LogP contribution in [0, 0.1) is 13.8 Å². The van der Waals surface area contributed by atoms with Gasteiger partial charge >= 0.3 is 0 Å². The summed E-state index contributed by atoms with van der Waals surface area (Å²) in [6, 6.07) is 16.4. The summed E-state index contributed by atoms with van der Waals surface area (Å²) in [4.78, 5) is 11.9. The van der Waals surface area contributed by atoms with E-state index in [4.69, 9.17) is 0 Å². The number of hydrogen-bond acceptors (Lipinski definition) is 1. The van der Waals surface area contributed by atoms with Gasteiger partial charge in [0.25, 0.3) is 0 Å². The second kappa shape index (κ2) is 8.14. The van der Waals surface area contributed by atoms with Crippen LogP contribution in [0.25, 0.3) is 12.2 Å². The summed E-state index contributed by atoms with van der Waals surface area (Å²) in [5, 5.41) is 0. The van der Waals surface area contributed by atoms with Gasteiger partial charge in [0.15, 0.2) is 0 Å². The first kappa shape index (κ1) is 16.0. The topological polar surface area (TPSA) is 17.1 Å². The normalized spacial score (nSPS) is 11.4. The van der Waals surface area contributed by atoms with Gasteiger partial charge in [-0.1, -0.05) is 72.8 Å². The molecule has 0 bridgehead atoms. The number of carbonyl (C=O) groups is 1. The van der Waals surface area contributed by atoms with E-state index < -0.39 is 0 Å². The lowest BCUT2D eigenvalue weighted by Crippen LogP contribution is -1.92. The van der Waals surface area contributed by atoms with Gasteiger partial charge < -0.3 is 0 Å². The summed E-state index contributed by atoms with van der Waals surface area (Å²) < 4.78 is 0. The zero-order chi connectivity index (χ0) is 15.8. The van der Waals surface area contributed by atoms with Crippen LogP contribution in [0.4, 0.5) is 0 Å². The van der Waals surface area contributed by atoms with Crippen molar-refractivity contribution in [2.75, 3.05) is 0 Å². The van der Waals surface area contributed by atoms with Crippen molar-refractivity contribution in [3.63, 3.8) is 0 Å². The van der Waals surface area contributed by atoms with Crippen LogP contribution in [-0.2, 0) is 4.79 Å². The number of ketones is 1. The Morgan fingerprint density at radius 3 is 1.59 bits per heavy atom. The molecule has 2 aromatic rings. The van der Waals surface area contributed by atoms with E-state index >= 15 is 0 Å². The average molecular weight is 290 g/mol. The van der Waals surface area contributed by atoms with Crippen molar-refractivity contribution < 1.29 is 4.79 Å². The number of benzene rings is 2. The van der Waals surface area contributed by atoms with Gasteiger partial charge in [-0.2, -0.15) is 0 Å². The molecule has 0 aliphatic carbocycles. The summed E-state index contributed by atoms with van der Waals surface area (Å²) in [5.41, 5.74) is 4.80. The first-order valence-corrected chi connectivity index (χ1v) is 7.63. The van der Waals surface area contributed by atoms with Crippen LogP contribution in [0.1, 0.15) is 35.1 Å². The third kappa shape index (κ3) is 4.85. The number of allylic oxidation sites excluding steroid dienone is 2. The second-order valence-electron chi connectivity index (χ2n) is 5.46. The zero-order valence-electron chi connectivity index (χ0n) is 13.3. The summed E-state index contributed by atoms with van der Waals surface area (Å²) in [7, 11) is 0. The maximum absolute atomic E-state index is 11.9. The van der Waals surface area contributed by atoms with E-state index in [9.17, 15) is 4.79 Å². The lowest BCUT2D eigenvalue weighted by molar-refractivity contribution is -0.117. The van der Waals surface area contributed by atoms with Crippen LogP contribution in [0.2, 0.25) is 0 Å². The number of Topliss-reactive ketones (excluding diaryl/α,β-unsaturated/α-hetero) is 1. The predicted octanol–water partition coefficient (Wildman–Crippen LogP) is 5.38. The second-order valence-corrected chi connectivity index (χ2v) is 5.46. The van der Waals surface area contributed by atoms with Crippen molar-refractivity contribution in [3.05, 3.63) is 82.9 Å². The lowest BCUT2D eigenvalue weighted by Gasteiger charge is -1.99. The molecule has 1 nitrogen and oxygen atoms in total. The van der Waals surface area contributed by atoms with Crippen LogP contribution in [-0.4, -0.2) is 5.78 Å². The van der Waals surface area contributed by atoms with Crippen molar-refractivity contribution in [1.82, 2.24) is 0 Å². The summed E-state index contributed by atoms with van der Waals surface area (Å²) in [6.07, 6.45) is 8.91. The molecule has 0 spiro atoms. The molecular weight excluding hydrogens is 268 g/mol. The fourth-order valence-corrected chi connectivity index (χ4v) is 2.27. The Hall–Kier alpha value is -2.41. The highest BCUT2D eigenvalue weighted by atomic mass is 16.1. The van der Waals surface area contributed by atoms with E-state index in [0.29, 0.717) is 12.8 Å². The Morgan fingerprint density at radius 2 is 1.18 bits per heavy atom.